The van der Waals surface area contributed by atoms with E-state index < -0.39 is 17.7 Å². The Bertz CT molecular complexity index is 372. The van der Waals surface area contributed by atoms with Gasteiger partial charge >= 0.3 is 0 Å². The Kier molecular flexibility index (Phi) is 6.18. The van der Waals surface area contributed by atoms with Gasteiger partial charge in [0.15, 0.2) is 11.6 Å². The summed E-state index contributed by atoms with van der Waals surface area (Å²) in [5.74, 6) is -1.72. The van der Waals surface area contributed by atoms with Crippen molar-refractivity contribution in [3.8, 4) is 0 Å². The Morgan fingerprint density at radius 1 is 1.28 bits per heavy atom. The molecule has 102 valence electrons. The summed E-state index contributed by atoms with van der Waals surface area (Å²) >= 11 is 0. The summed E-state index contributed by atoms with van der Waals surface area (Å²) < 4.78 is 30.8. The molecule has 0 aliphatic rings. The van der Waals surface area contributed by atoms with Crippen LogP contribution in [0.15, 0.2) is 18.2 Å². The molecular formula is C13H19F2NO2. The molecule has 1 aromatic carbocycles. The molecule has 1 unspecified atom stereocenters. The van der Waals surface area contributed by atoms with Crippen molar-refractivity contribution in [3.63, 3.8) is 0 Å². The number of ether oxygens (including phenoxy) is 1. The van der Waals surface area contributed by atoms with Crippen LogP contribution >= 0.6 is 0 Å². The van der Waals surface area contributed by atoms with Gasteiger partial charge in [-0.3, -0.25) is 0 Å². The van der Waals surface area contributed by atoms with E-state index in [1.165, 1.54) is 6.07 Å². The molecule has 2 N–H and O–H groups in total. The lowest BCUT2D eigenvalue weighted by atomic mass is 10.2. The molecule has 0 bridgehead atoms. The molecule has 1 rings (SSSR count). The molecule has 0 radical (unpaired) electrons. The van der Waals surface area contributed by atoms with Crippen LogP contribution in [0.25, 0.3) is 0 Å². The zero-order valence-corrected chi connectivity index (χ0v) is 10.6. The summed E-state index contributed by atoms with van der Waals surface area (Å²) in [5, 5.41) is 12.5. The van der Waals surface area contributed by atoms with E-state index >= 15 is 0 Å². The molecule has 0 aliphatic carbocycles. The van der Waals surface area contributed by atoms with Gasteiger partial charge in [-0.15, -0.1) is 0 Å². The lowest BCUT2D eigenvalue weighted by Gasteiger charge is -2.14. The molecule has 1 atom stereocenters. The smallest absolute Gasteiger partial charge is 0.159 e. The summed E-state index contributed by atoms with van der Waals surface area (Å²) in [5.41, 5.74) is 0.630. The molecule has 5 heteroatoms. The van der Waals surface area contributed by atoms with Crippen molar-refractivity contribution < 1.29 is 18.6 Å². The van der Waals surface area contributed by atoms with Crippen LogP contribution in [0.1, 0.15) is 19.4 Å². The van der Waals surface area contributed by atoms with Crippen LogP contribution in [0.5, 0.6) is 0 Å². The number of nitrogens with one attached hydrogen (secondary N) is 1. The summed E-state index contributed by atoms with van der Waals surface area (Å²) in [7, 11) is 0. The van der Waals surface area contributed by atoms with Crippen LogP contribution in [0.3, 0.4) is 0 Å². The van der Waals surface area contributed by atoms with Crippen molar-refractivity contribution in [3.05, 3.63) is 35.4 Å². The summed E-state index contributed by atoms with van der Waals surface area (Å²) in [6, 6.07) is 3.73. The second-order valence-corrected chi connectivity index (χ2v) is 4.42. The van der Waals surface area contributed by atoms with Crippen LogP contribution in [0, 0.1) is 11.6 Å². The molecular weight excluding hydrogens is 240 g/mol. The van der Waals surface area contributed by atoms with Crippen molar-refractivity contribution in [2.45, 2.75) is 32.6 Å². The Morgan fingerprint density at radius 3 is 2.61 bits per heavy atom. The molecule has 3 nitrogen and oxygen atoms in total. The van der Waals surface area contributed by atoms with Crippen molar-refractivity contribution in [1.29, 1.82) is 0 Å². The number of hydrogen-bond acceptors (Lipinski definition) is 3. The molecule has 0 saturated carbocycles. The average molecular weight is 259 g/mol. The SMILES string of the molecule is CC(C)OCC(O)CNCc1ccc(F)c(F)c1. The number of halogens is 2. The van der Waals surface area contributed by atoms with Crippen LogP contribution in [0.4, 0.5) is 8.78 Å². The maximum Gasteiger partial charge on any atom is 0.159 e. The number of aliphatic hydroxyl groups excluding tert-OH is 1. The fourth-order valence-corrected chi connectivity index (χ4v) is 1.40. The Balaban J connectivity index is 2.26. The van der Waals surface area contributed by atoms with E-state index in [1.807, 2.05) is 13.8 Å². The van der Waals surface area contributed by atoms with Crippen LogP contribution in [-0.2, 0) is 11.3 Å². The molecule has 0 saturated heterocycles. The second-order valence-electron chi connectivity index (χ2n) is 4.42. The van der Waals surface area contributed by atoms with E-state index in [0.29, 0.717) is 18.7 Å². The predicted molar refractivity (Wildman–Crippen MR) is 65.2 cm³/mol. The fourth-order valence-electron chi connectivity index (χ4n) is 1.40. The minimum absolute atomic E-state index is 0.0749. The molecule has 0 heterocycles. The lowest BCUT2D eigenvalue weighted by Crippen LogP contribution is -2.31. The third kappa shape index (κ3) is 5.53. The van der Waals surface area contributed by atoms with Gasteiger partial charge in [0.1, 0.15) is 0 Å². The van der Waals surface area contributed by atoms with Gasteiger partial charge in [0.25, 0.3) is 0 Å². The van der Waals surface area contributed by atoms with E-state index in [1.54, 1.807) is 0 Å². The third-order valence-electron chi connectivity index (χ3n) is 2.32. The van der Waals surface area contributed by atoms with Gasteiger partial charge in [-0.25, -0.2) is 8.78 Å². The van der Waals surface area contributed by atoms with Crippen molar-refractivity contribution in [1.82, 2.24) is 5.32 Å². The van der Waals surface area contributed by atoms with Gasteiger partial charge in [0.05, 0.1) is 18.8 Å². The monoisotopic (exact) mass is 259 g/mol. The highest BCUT2D eigenvalue weighted by Gasteiger charge is 2.06. The van der Waals surface area contributed by atoms with E-state index in [0.717, 1.165) is 12.1 Å². The number of hydrogen-bond donors (Lipinski definition) is 2. The highest BCUT2D eigenvalue weighted by Crippen LogP contribution is 2.08. The van der Waals surface area contributed by atoms with Crippen molar-refractivity contribution in [2.24, 2.45) is 0 Å². The molecule has 18 heavy (non-hydrogen) atoms. The first kappa shape index (κ1) is 15.0. The fraction of sp³-hybridized carbons (Fsp3) is 0.538. The largest absolute Gasteiger partial charge is 0.389 e. The highest BCUT2D eigenvalue weighted by atomic mass is 19.2. The van der Waals surface area contributed by atoms with E-state index in [-0.39, 0.29) is 12.7 Å². The summed E-state index contributed by atoms with van der Waals surface area (Å²) in [6.07, 6.45) is -0.538. The van der Waals surface area contributed by atoms with Crippen LogP contribution in [-0.4, -0.2) is 30.5 Å². The van der Waals surface area contributed by atoms with Gasteiger partial charge in [-0.2, -0.15) is 0 Å². The average Bonchev–Trinajstić information content (AvgIpc) is 2.31. The van der Waals surface area contributed by atoms with Crippen LogP contribution in [0.2, 0.25) is 0 Å². The van der Waals surface area contributed by atoms with Crippen LogP contribution < -0.4 is 5.32 Å². The quantitative estimate of drug-likeness (QED) is 0.785. The molecule has 0 amide bonds. The molecule has 0 aliphatic heterocycles. The molecule has 0 aromatic heterocycles. The number of benzene rings is 1. The minimum atomic E-state index is -0.863. The van der Waals surface area contributed by atoms with Gasteiger partial charge in [-0.05, 0) is 31.5 Å². The van der Waals surface area contributed by atoms with Gasteiger partial charge in [0, 0.05) is 13.1 Å². The number of aliphatic hydroxyl groups is 1. The third-order valence-corrected chi connectivity index (χ3v) is 2.32. The minimum Gasteiger partial charge on any atom is -0.389 e. The first-order chi connectivity index (χ1) is 8.49. The first-order valence-electron chi connectivity index (χ1n) is 5.93. The van der Waals surface area contributed by atoms with E-state index in [2.05, 4.69) is 5.32 Å². The maximum atomic E-state index is 12.9. The first-order valence-corrected chi connectivity index (χ1v) is 5.93. The van der Waals surface area contributed by atoms with Gasteiger partial charge in [0.2, 0.25) is 0 Å². The highest BCUT2D eigenvalue weighted by molar-refractivity contribution is 5.17. The van der Waals surface area contributed by atoms with Gasteiger partial charge in [-0.1, -0.05) is 6.07 Å². The van der Waals surface area contributed by atoms with Gasteiger partial charge < -0.3 is 15.2 Å². The normalized spacial score (nSPS) is 13.0. The van der Waals surface area contributed by atoms with E-state index in [9.17, 15) is 13.9 Å². The van der Waals surface area contributed by atoms with Crippen molar-refractivity contribution >= 4 is 0 Å². The summed E-state index contributed by atoms with van der Waals surface area (Å²) in [4.78, 5) is 0. The standard InChI is InChI=1S/C13H19F2NO2/c1-9(2)18-8-11(17)7-16-6-10-3-4-12(14)13(15)5-10/h3-5,9,11,16-17H,6-8H2,1-2H3. The Labute approximate surface area is 106 Å². The Morgan fingerprint density at radius 2 is 2.00 bits per heavy atom. The van der Waals surface area contributed by atoms with Crippen molar-refractivity contribution in [2.75, 3.05) is 13.2 Å². The second kappa shape index (κ2) is 7.41. The lowest BCUT2D eigenvalue weighted by molar-refractivity contribution is 0.00630. The van der Waals surface area contributed by atoms with E-state index in [4.69, 9.17) is 4.74 Å². The number of rotatable bonds is 7. The molecule has 0 spiro atoms. The zero-order chi connectivity index (χ0) is 13.5. The summed E-state index contributed by atoms with van der Waals surface area (Å²) in [6.45, 7) is 4.74. The topological polar surface area (TPSA) is 41.5 Å². The molecule has 1 aromatic rings. The zero-order valence-electron chi connectivity index (χ0n) is 10.6. The Hall–Kier alpha value is -1.04. The predicted octanol–water partition coefficient (Wildman–Crippen LogP) is 1.84. The maximum absolute atomic E-state index is 12.9. The molecule has 0 fully saturated rings.